The van der Waals surface area contributed by atoms with Gasteiger partial charge in [0.25, 0.3) is 5.69 Å². The highest BCUT2D eigenvalue weighted by Crippen LogP contribution is 2.17. The third-order valence-corrected chi connectivity index (χ3v) is 2.62. The van der Waals surface area contributed by atoms with Crippen LogP contribution in [-0.4, -0.2) is 22.7 Å². The van der Waals surface area contributed by atoms with Crippen molar-refractivity contribution in [2.45, 2.75) is 32.4 Å². The quantitative estimate of drug-likeness (QED) is 0.587. The molecule has 17 heavy (non-hydrogen) atoms. The number of non-ortho nitro benzene ring substituents is 1. The largest absolute Gasteiger partial charge is 0.393 e. The molecular weight excluding hydrogens is 220 g/mol. The summed E-state index contributed by atoms with van der Waals surface area (Å²) < 4.78 is 0. The molecule has 94 valence electrons. The van der Waals surface area contributed by atoms with Gasteiger partial charge in [-0.25, -0.2) is 0 Å². The highest BCUT2D eigenvalue weighted by atomic mass is 16.6. The van der Waals surface area contributed by atoms with Crippen molar-refractivity contribution in [2.75, 3.05) is 6.54 Å². The molecule has 0 aliphatic carbocycles. The molecule has 5 nitrogen and oxygen atoms in total. The predicted molar refractivity (Wildman–Crippen MR) is 65.8 cm³/mol. The van der Waals surface area contributed by atoms with Gasteiger partial charge in [0, 0.05) is 18.2 Å². The maximum Gasteiger partial charge on any atom is 0.269 e. The van der Waals surface area contributed by atoms with Crippen LogP contribution in [0.4, 0.5) is 5.69 Å². The van der Waals surface area contributed by atoms with E-state index < -0.39 is 4.92 Å². The Hall–Kier alpha value is -1.46. The highest BCUT2D eigenvalue weighted by molar-refractivity contribution is 5.33. The van der Waals surface area contributed by atoms with Gasteiger partial charge in [0.1, 0.15) is 0 Å². The zero-order valence-electron chi connectivity index (χ0n) is 10.1. The van der Waals surface area contributed by atoms with Gasteiger partial charge in [-0.15, -0.1) is 0 Å². The first kappa shape index (κ1) is 13.6. The van der Waals surface area contributed by atoms with Gasteiger partial charge in [-0.1, -0.05) is 12.1 Å². The number of hydrogen-bond acceptors (Lipinski definition) is 4. The minimum atomic E-state index is -0.407. The third-order valence-electron chi connectivity index (χ3n) is 2.62. The van der Waals surface area contributed by atoms with Crippen LogP contribution in [0.2, 0.25) is 0 Å². The van der Waals surface area contributed by atoms with E-state index in [9.17, 15) is 10.1 Å². The first-order chi connectivity index (χ1) is 8.00. The van der Waals surface area contributed by atoms with Crippen LogP contribution < -0.4 is 5.32 Å². The summed E-state index contributed by atoms with van der Waals surface area (Å²) in [6, 6.07) is 6.62. The van der Waals surface area contributed by atoms with E-state index in [1.165, 1.54) is 12.1 Å². The van der Waals surface area contributed by atoms with E-state index in [1.807, 2.05) is 6.92 Å². The lowest BCUT2D eigenvalue weighted by atomic mass is 10.1. The zero-order chi connectivity index (χ0) is 12.8. The second-order valence-corrected chi connectivity index (χ2v) is 4.16. The molecule has 1 rings (SSSR count). The number of nitro groups is 1. The van der Waals surface area contributed by atoms with Crippen molar-refractivity contribution >= 4 is 5.69 Å². The number of nitro benzene ring substituents is 1. The molecule has 0 saturated carbocycles. The minimum Gasteiger partial charge on any atom is -0.393 e. The molecule has 2 N–H and O–H groups in total. The van der Waals surface area contributed by atoms with Crippen molar-refractivity contribution in [1.29, 1.82) is 0 Å². The van der Waals surface area contributed by atoms with E-state index in [0.29, 0.717) is 6.42 Å². The summed E-state index contributed by atoms with van der Waals surface area (Å²) in [5, 5.41) is 22.9. The van der Waals surface area contributed by atoms with Gasteiger partial charge in [0.05, 0.1) is 11.0 Å². The maximum absolute atomic E-state index is 10.5. The van der Waals surface area contributed by atoms with Gasteiger partial charge in [0.2, 0.25) is 0 Å². The fraction of sp³-hybridized carbons (Fsp3) is 0.500. The van der Waals surface area contributed by atoms with Crippen LogP contribution in [0.5, 0.6) is 0 Å². The monoisotopic (exact) mass is 238 g/mol. The van der Waals surface area contributed by atoms with Crippen LogP contribution in [0, 0.1) is 10.1 Å². The fourth-order valence-electron chi connectivity index (χ4n) is 1.51. The molecule has 5 heteroatoms. The van der Waals surface area contributed by atoms with E-state index in [1.54, 1.807) is 19.1 Å². The molecule has 0 bridgehead atoms. The Morgan fingerprint density at radius 3 is 2.41 bits per heavy atom. The van der Waals surface area contributed by atoms with Crippen molar-refractivity contribution in [2.24, 2.45) is 0 Å². The molecule has 2 unspecified atom stereocenters. The van der Waals surface area contributed by atoms with E-state index in [2.05, 4.69) is 5.32 Å². The molecule has 0 aliphatic heterocycles. The predicted octanol–water partition coefficient (Wildman–Crippen LogP) is 2.02. The number of aliphatic hydroxyl groups is 1. The first-order valence-corrected chi connectivity index (χ1v) is 5.66. The lowest BCUT2D eigenvalue weighted by Gasteiger charge is -2.14. The molecule has 2 atom stereocenters. The van der Waals surface area contributed by atoms with E-state index in [0.717, 1.165) is 12.1 Å². The summed E-state index contributed by atoms with van der Waals surface area (Å²) in [6.45, 7) is 4.46. The molecule has 0 spiro atoms. The standard InChI is InChI=1S/C12H18N2O3/c1-9(15)7-8-13-10(2)11-3-5-12(6-4-11)14(16)17/h3-6,9-10,13,15H,7-8H2,1-2H3. The summed E-state index contributed by atoms with van der Waals surface area (Å²) >= 11 is 0. The van der Waals surface area contributed by atoms with E-state index in [-0.39, 0.29) is 17.8 Å². The Morgan fingerprint density at radius 2 is 1.94 bits per heavy atom. The van der Waals surface area contributed by atoms with Crippen LogP contribution >= 0.6 is 0 Å². The summed E-state index contributed by atoms with van der Waals surface area (Å²) in [5.74, 6) is 0. The average Bonchev–Trinajstić information content (AvgIpc) is 2.28. The number of nitrogens with one attached hydrogen (secondary N) is 1. The smallest absolute Gasteiger partial charge is 0.269 e. The molecular formula is C12H18N2O3. The lowest BCUT2D eigenvalue weighted by Crippen LogP contribution is -2.22. The van der Waals surface area contributed by atoms with Crippen molar-refractivity contribution in [3.63, 3.8) is 0 Å². The van der Waals surface area contributed by atoms with Crippen LogP contribution in [-0.2, 0) is 0 Å². The average molecular weight is 238 g/mol. The molecule has 0 heterocycles. The molecule has 0 saturated heterocycles. The van der Waals surface area contributed by atoms with Crippen molar-refractivity contribution in [3.05, 3.63) is 39.9 Å². The summed E-state index contributed by atoms with van der Waals surface area (Å²) in [4.78, 5) is 10.1. The number of nitrogens with zero attached hydrogens (tertiary/aromatic N) is 1. The lowest BCUT2D eigenvalue weighted by molar-refractivity contribution is -0.384. The van der Waals surface area contributed by atoms with Crippen LogP contribution in [0.1, 0.15) is 31.9 Å². The highest BCUT2D eigenvalue weighted by Gasteiger charge is 2.08. The Morgan fingerprint density at radius 1 is 1.35 bits per heavy atom. The Kier molecular flexibility index (Phi) is 5.06. The normalized spacial score (nSPS) is 14.3. The van der Waals surface area contributed by atoms with E-state index >= 15 is 0 Å². The SMILES string of the molecule is CC(O)CCNC(C)c1ccc([N+](=O)[O-])cc1. The first-order valence-electron chi connectivity index (χ1n) is 5.66. The van der Waals surface area contributed by atoms with Gasteiger partial charge < -0.3 is 10.4 Å². The summed E-state index contributed by atoms with van der Waals surface area (Å²) in [5.41, 5.74) is 1.10. The third kappa shape index (κ3) is 4.50. The maximum atomic E-state index is 10.5. The molecule has 1 aromatic rings. The van der Waals surface area contributed by atoms with Crippen molar-refractivity contribution in [1.82, 2.24) is 5.32 Å². The number of hydrogen-bond donors (Lipinski definition) is 2. The van der Waals surface area contributed by atoms with E-state index in [4.69, 9.17) is 5.11 Å². The summed E-state index contributed by atoms with van der Waals surface area (Å²) in [6.07, 6.45) is 0.378. The second kappa shape index (κ2) is 6.32. The number of aliphatic hydroxyl groups excluding tert-OH is 1. The molecule has 0 radical (unpaired) electrons. The molecule has 0 fully saturated rings. The fourth-order valence-corrected chi connectivity index (χ4v) is 1.51. The Balaban J connectivity index is 2.51. The van der Waals surface area contributed by atoms with Gasteiger partial charge in [-0.05, 0) is 32.4 Å². The Bertz CT molecular complexity index is 363. The van der Waals surface area contributed by atoms with Crippen molar-refractivity contribution in [3.8, 4) is 0 Å². The van der Waals surface area contributed by atoms with Gasteiger partial charge >= 0.3 is 0 Å². The Labute approximate surface area is 101 Å². The van der Waals surface area contributed by atoms with Crippen LogP contribution in [0.3, 0.4) is 0 Å². The molecule has 0 aliphatic rings. The van der Waals surface area contributed by atoms with Gasteiger partial charge in [-0.3, -0.25) is 10.1 Å². The molecule has 1 aromatic carbocycles. The molecule has 0 aromatic heterocycles. The number of benzene rings is 1. The minimum absolute atomic E-state index is 0.102. The van der Waals surface area contributed by atoms with Gasteiger partial charge in [-0.2, -0.15) is 0 Å². The van der Waals surface area contributed by atoms with Crippen LogP contribution in [0.25, 0.3) is 0 Å². The van der Waals surface area contributed by atoms with Crippen molar-refractivity contribution < 1.29 is 10.0 Å². The topological polar surface area (TPSA) is 75.4 Å². The molecule has 0 amide bonds. The second-order valence-electron chi connectivity index (χ2n) is 4.16. The zero-order valence-corrected chi connectivity index (χ0v) is 10.1. The number of rotatable bonds is 6. The van der Waals surface area contributed by atoms with Gasteiger partial charge in [0.15, 0.2) is 0 Å². The van der Waals surface area contributed by atoms with Crippen LogP contribution in [0.15, 0.2) is 24.3 Å². The summed E-state index contributed by atoms with van der Waals surface area (Å²) in [7, 11) is 0.